The first-order valence-corrected chi connectivity index (χ1v) is 13.0. The molecule has 5 rings (SSSR count). The Kier molecular flexibility index (Phi) is 8.76. The first-order valence-electron chi connectivity index (χ1n) is 13.0. The molecule has 0 atom stereocenters. The molecular formula is C32H21F9O3. The summed E-state index contributed by atoms with van der Waals surface area (Å²) in [5.74, 6) is -11.1. The van der Waals surface area contributed by atoms with E-state index in [1.54, 1.807) is 6.08 Å². The van der Waals surface area contributed by atoms with Crippen LogP contribution in [0.2, 0.25) is 0 Å². The Balaban J connectivity index is 1.34. The highest BCUT2D eigenvalue weighted by atomic mass is 19.3. The van der Waals surface area contributed by atoms with Crippen LogP contribution < -0.4 is 4.74 Å². The van der Waals surface area contributed by atoms with Crippen molar-refractivity contribution in [2.45, 2.75) is 18.8 Å². The first kappa shape index (κ1) is 31.1. The predicted octanol–water partition coefficient (Wildman–Crippen LogP) is 9.36. The van der Waals surface area contributed by atoms with Crippen LogP contribution in [0.1, 0.15) is 23.8 Å². The lowest BCUT2D eigenvalue weighted by molar-refractivity contribution is -0.205. The smallest absolute Gasteiger partial charge is 0.429 e. The van der Waals surface area contributed by atoms with Crippen molar-refractivity contribution in [3.05, 3.63) is 125 Å². The quantitative estimate of drug-likeness (QED) is 0.111. The molecule has 230 valence electrons. The SMILES string of the molecule is C=CCC1COC(c2cc(F)c(C(F)(F)Oc3ccc(-c4ccc(-c5cc(F)c(F)c(F)c5)c(F)c4)c(F)c3)c(F)c2)OC1. The van der Waals surface area contributed by atoms with Gasteiger partial charge in [-0.25, -0.2) is 30.7 Å². The number of ether oxygens (including phenoxy) is 3. The summed E-state index contributed by atoms with van der Waals surface area (Å²) in [5.41, 5.74) is -2.91. The number of hydrogen-bond acceptors (Lipinski definition) is 3. The van der Waals surface area contributed by atoms with Crippen LogP contribution in [-0.2, 0) is 15.6 Å². The van der Waals surface area contributed by atoms with Crippen molar-refractivity contribution in [1.29, 1.82) is 0 Å². The van der Waals surface area contributed by atoms with Gasteiger partial charge in [0.1, 0.15) is 34.6 Å². The van der Waals surface area contributed by atoms with E-state index in [2.05, 4.69) is 11.3 Å². The second kappa shape index (κ2) is 12.4. The molecule has 0 spiro atoms. The summed E-state index contributed by atoms with van der Waals surface area (Å²) >= 11 is 0. The molecule has 0 unspecified atom stereocenters. The fourth-order valence-corrected chi connectivity index (χ4v) is 4.73. The molecule has 0 bridgehead atoms. The van der Waals surface area contributed by atoms with Gasteiger partial charge < -0.3 is 14.2 Å². The molecule has 44 heavy (non-hydrogen) atoms. The van der Waals surface area contributed by atoms with E-state index in [0.29, 0.717) is 36.8 Å². The number of hydrogen-bond donors (Lipinski definition) is 0. The number of alkyl halides is 2. The van der Waals surface area contributed by atoms with Crippen LogP contribution >= 0.6 is 0 Å². The molecule has 0 amide bonds. The Morgan fingerprint density at radius 1 is 0.705 bits per heavy atom. The fraction of sp³-hybridized carbons (Fsp3) is 0.188. The minimum atomic E-state index is -4.59. The largest absolute Gasteiger partial charge is 0.432 e. The summed E-state index contributed by atoms with van der Waals surface area (Å²) in [6.45, 7) is 4.01. The lowest BCUT2D eigenvalue weighted by Crippen LogP contribution is -2.28. The second-order valence-electron chi connectivity index (χ2n) is 9.96. The molecule has 1 heterocycles. The highest BCUT2D eigenvalue weighted by molar-refractivity contribution is 5.72. The Labute approximate surface area is 245 Å². The van der Waals surface area contributed by atoms with E-state index in [1.165, 1.54) is 6.07 Å². The minimum Gasteiger partial charge on any atom is -0.429 e. The summed E-state index contributed by atoms with van der Waals surface area (Å²) in [4.78, 5) is 0. The van der Waals surface area contributed by atoms with Crippen molar-refractivity contribution in [2.75, 3.05) is 13.2 Å². The van der Waals surface area contributed by atoms with Crippen LogP contribution in [0.25, 0.3) is 22.3 Å². The molecule has 12 heteroatoms. The van der Waals surface area contributed by atoms with Crippen molar-refractivity contribution in [1.82, 2.24) is 0 Å². The van der Waals surface area contributed by atoms with Crippen LogP contribution in [0.5, 0.6) is 5.75 Å². The number of allylic oxidation sites excluding steroid dienone is 1. The zero-order valence-electron chi connectivity index (χ0n) is 22.5. The molecule has 3 nitrogen and oxygen atoms in total. The molecule has 1 fully saturated rings. The number of rotatable bonds is 8. The molecule has 0 radical (unpaired) electrons. The maximum atomic E-state index is 14.9. The standard InChI is InChI=1S/C32H21F9O3/c1-2-3-16-14-42-31(43-15-16)19-11-25(35)29(26(36)12-19)32(40,41)44-20-5-7-21(24(34)13-20)17-4-6-22(23(33)8-17)18-9-27(37)30(39)28(38)10-18/h2,4-13,16,31H,1,3,14-15H2. The van der Waals surface area contributed by atoms with Gasteiger partial charge in [-0.3, -0.25) is 0 Å². The highest BCUT2D eigenvalue weighted by Gasteiger charge is 2.42. The van der Waals surface area contributed by atoms with Gasteiger partial charge in [-0.2, -0.15) is 8.78 Å². The minimum absolute atomic E-state index is 0.0149. The molecule has 1 saturated heterocycles. The average Bonchev–Trinajstić information content (AvgIpc) is 2.95. The molecule has 0 aromatic heterocycles. The average molecular weight is 624 g/mol. The van der Waals surface area contributed by atoms with Crippen LogP contribution in [0.3, 0.4) is 0 Å². The molecule has 0 aliphatic carbocycles. The normalized spacial score (nSPS) is 17.0. The van der Waals surface area contributed by atoms with E-state index in [-0.39, 0.29) is 46.9 Å². The van der Waals surface area contributed by atoms with Gasteiger partial charge in [0.2, 0.25) is 0 Å². The highest BCUT2D eigenvalue weighted by Crippen LogP contribution is 2.39. The van der Waals surface area contributed by atoms with E-state index in [4.69, 9.17) is 9.47 Å². The van der Waals surface area contributed by atoms with Gasteiger partial charge in [-0.1, -0.05) is 18.2 Å². The topological polar surface area (TPSA) is 27.7 Å². The van der Waals surface area contributed by atoms with Crippen molar-refractivity contribution >= 4 is 0 Å². The van der Waals surface area contributed by atoms with E-state index in [1.807, 2.05) is 0 Å². The van der Waals surface area contributed by atoms with Crippen LogP contribution in [0.4, 0.5) is 39.5 Å². The number of benzene rings is 4. The third-order valence-corrected chi connectivity index (χ3v) is 6.86. The van der Waals surface area contributed by atoms with Gasteiger partial charge in [0.05, 0.1) is 13.2 Å². The van der Waals surface area contributed by atoms with Gasteiger partial charge in [0.15, 0.2) is 23.7 Å². The van der Waals surface area contributed by atoms with E-state index < -0.39 is 64.4 Å². The van der Waals surface area contributed by atoms with Crippen molar-refractivity contribution < 1.29 is 53.7 Å². The third kappa shape index (κ3) is 6.31. The molecule has 1 aliphatic rings. The first-order chi connectivity index (χ1) is 20.9. The molecule has 0 saturated carbocycles. The van der Waals surface area contributed by atoms with Crippen molar-refractivity contribution in [3.8, 4) is 28.0 Å². The van der Waals surface area contributed by atoms with Gasteiger partial charge in [-0.05, 0) is 60.0 Å². The maximum absolute atomic E-state index is 14.9. The second-order valence-corrected chi connectivity index (χ2v) is 9.96. The van der Waals surface area contributed by atoms with Crippen LogP contribution in [-0.4, -0.2) is 13.2 Å². The van der Waals surface area contributed by atoms with Crippen molar-refractivity contribution in [2.24, 2.45) is 5.92 Å². The summed E-state index contributed by atoms with van der Waals surface area (Å²) in [7, 11) is 0. The van der Waals surface area contributed by atoms with E-state index in [9.17, 15) is 39.5 Å². The van der Waals surface area contributed by atoms with E-state index >= 15 is 0 Å². The maximum Gasteiger partial charge on any atom is 0.432 e. The van der Waals surface area contributed by atoms with Crippen molar-refractivity contribution in [3.63, 3.8) is 0 Å². The Morgan fingerprint density at radius 2 is 1.25 bits per heavy atom. The Bertz CT molecular complexity index is 1670. The summed E-state index contributed by atoms with van der Waals surface area (Å²) < 4.78 is 145. The molecule has 4 aromatic rings. The zero-order valence-corrected chi connectivity index (χ0v) is 22.5. The van der Waals surface area contributed by atoms with Gasteiger partial charge in [0.25, 0.3) is 0 Å². The summed E-state index contributed by atoms with van der Waals surface area (Å²) in [6, 6.07) is 7.82. The third-order valence-electron chi connectivity index (χ3n) is 6.86. The fourth-order valence-electron chi connectivity index (χ4n) is 4.73. The number of halogens is 9. The zero-order chi connectivity index (χ0) is 31.8. The Hall–Kier alpha value is -4.29. The summed E-state index contributed by atoms with van der Waals surface area (Å²) in [6.07, 6.45) is -3.51. The Morgan fingerprint density at radius 3 is 1.82 bits per heavy atom. The molecule has 4 aromatic carbocycles. The van der Waals surface area contributed by atoms with Gasteiger partial charge in [0, 0.05) is 28.7 Å². The molecule has 0 N–H and O–H groups in total. The molecule has 1 aliphatic heterocycles. The summed E-state index contributed by atoms with van der Waals surface area (Å²) in [5, 5.41) is 0. The lowest BCUT2D eigenvalue weighted by atomic mass is 9.99. The van der Waals surface area contributed by atoms with Crippen LogP contribution in [0.15, 0.2) is 73.3 Å². The predicted molar refractivity (Wildman–Crippen MR) is 141 cm³/mol. The lowest BCUT2D eigenvalue weighted by Gasteiger charge is -2.29. The van der Waals surface area contributed by atoms with Crippen LogP contribution in [0, 0.1) is 46.6 Å². The molecular weight excluding hydrogens is 603 g/mol. The monoisotopic (exact) mass is 624 g/mol. The van der Waals surface area contributed by atoms with Gasteiger partial charge in [-0.15, -0.1) is 6.58 Å². The van der Waals surface area contributed by atoms with Gasteiger partial charge >= 0.3 is 6.11 Å². The van der Waals surface area contributed by atoms with E-state index in [0.717, 1.165) is 24.3 Å².